The topological polar surface area (TPSA) is 68.9 Å². The third kappa shape index (κ3) is 10.3. The zero-order valence-electron chi connectivity index (χ0n) is 14.8. The smallest absolute Gasteiger partial charge is 0.387 e. The summed E-state index contributed by atoms with van der Waals surface area (Å²) < 4.78 is 34.3. The second kappa shape index (κ2) is 13.9. The van der Waals surface area contributed by atoms with E-state index in [0.717, 1.165) is 18.4 Å². The van der Waals surface area contributed by atoms with Crippen molar-refractivity contribution in [2.45, 2.75) is 45.6 Å². The molecule has 0 aromatic heterocycles. The number of rotatable bonds is 11. The van der Waals surface area contributed by atoms with E-state index in [1.165, 1.54) is 20.0 Å². The van der Waals surface area contributed by atoms with Crippen molar-refractivity contribution in [3.63, 3.8) is 0 Å². The van der Waals surface area contributed by atoms with E-state index in [0.29, 0.717) is 25.5 Å². The number of nitrogens with zero attached hydrogens (tertiary/aromatic N) is 1. The average Bonchev–Trinajstić information content (AvgIpc) is 2.54. The van der Waals surface area contributed by atoms with Gasteiger partial charge in [-0.2, -0.15) is 8.78 Å². The second-order valence-electron chi connectivity index (χ2n) is 5.37. The Morgan fingerprint density at radius 3 is 2.64 bits per heavy atom. The quantitative estimate of drug-likeness (QED) is 0.222. The molecule has 0 saturated heterocycles. The van der Waals surface area contributed by atoms with Gasteiger partial charge in [-0.15, -0.1) is 24.0 Å². The molecule has 0 aliphatic heterocycles. The van der Waals surface area contributed by atoms with Crippen LogP contribution in [0.15, 0.2) is 23.2 Å². The first-order valence-electron chi connectivity index (χ1n) is 8.22. The Morgan fingerprint density at radius 1 is 1.24 bits per heavy atom. The molecule has 0 aliphatic rings. The zero-order chi connectivity index (χ0) is 17.8. The van der Waals surface area contributed by atoms with Crippen LogP contribution in [0.2, 0.25) is 0 Å². The van der Waals surface area contributed by atoms with Crippen molar-refractivity contribution in [3.05, 3.63) is 23.8 Å². The Morgan fingerprint density at radius 2 is 2.00 bits per heavy atom. The van der Waals surface area contributed by atoms with Crippen molar-refractivity contribution in [3.8, 4) is 11.5 Å². The number of hydrogen-bond acceptors (Lipinski definition) is 3. The third-order valence-corrected chi connectivity index (χ3v) is 3.46. The van der Waals surface area contributed by atoms with Gasteiger partial charge in [0.2, 0.25) is 0 Å². The van der Waals surface area contributed by atoms with Crippen LogP contribution in [0.4, 0.5) is 8.78 Å². The fourth-order valence-electron chi connectivity index (χ4n) is 2.19. The molecular weight excluding hydrogens is 443 g/mol. The van der Waals surface area contributed by atoms with E-state index in [4.69, 9.17) is 10.5 Å². The van der Waals surface area contributed by atoms with Gasteiger partial charge in [0.15, 0.2) is 17.5 Å². The Labute approximate surface area is 165 Å². The SMILES string of the molecule is CCCCCCN=C(N)NCCc1ccc(OC)c(OC(F)F)c1.I. The number of benzene rings is 1. The van der Waals surface area contributed by atoms with Crippen LogP contribution in [0.1, 0.15) is 38.2 Å². The largest absolute Gasteiger partial charge is 0.493 e. The highest BCUT2D eigenvalue weighted by Crippen LogP contribution is 2.29. The predicted octanol–water partition coefficient (Wildman–Crippen LogP) is 3.94. The predicted molar refractivity (Wildman–Crippen MR) is 107 cm³/mol. The molecule has 0 heterocycles. The molecule has 0 spiro atoms. The van der Waals surface area contributed by atoms with Gasteiger partial charge >= 0.3 is 6.61 Å². The lowest BCUT2D eigenvalue weighted by Crippen LogP contribution is -2.33. The summed E-state index contributed by atoms with van der Waals surface area (Å²) in [6, 6.07) is 4.96. The minimum absolute atomic E-state index is 0. The molecule has 5 nitrogen and oxygen atoms in total. The first-order chi connectivity index (χ1) is 11.6. The number of nitrogens with two attached hydrogens (primary N) is 1. The summed E-state index contributed by atoms with van der Waals surface area (Å²) in [6.07, 6.45) is 5.20. The Balaban J connectivity index is 0.00000576. The van der Waals surface area contributed by atoms with Crippen molar-refractivity contribution in [1.82, 2.24) is 5.32 Å². The summed E-state index contributed by atoms with van der Waals surface area (Å²) in [4.78, 5) is 4.25. The molecule has 0 amide bonds. The van der Waals surface area contributed by atoms with Crippen LogP contribution in [0.25, 0.3) is 0 Å². The van der Waals surface area contributed by atoms with Crippen molar-refractivity contribution in [1.29, 1.82) is 0 Å². The Hall–Kier alpha value is -1.32. The number of guanidine groups is 1. The van der Waals surface area contributed by atoms with Gasteiger partial charge in [0.1, 0.15) is 0 Å². The maximum atomic E-state index is 12.4. The van der Waals surface area contributed by atoms with E-state index in [2.05, 4.69) is 22.0 Å². The van der Waals surface area contributed by atoms with Crippen molar-refractivity contribution < 1.29 is 18.3 Å². The summed E-state index contributed by atoms with van der Waals surface area (Å²) in [7, 11) is 1.41. The lowest BCUT2D eigenvalue weighted by Gasteiger charge is -2.12. The first kappa shape index (κ1) is 23.7. The number of halogens is 3. The monoisotopic (exact) mass is 471 g/mol. The van der Waals surface area contributed by atoms with Gasteiger partial charge in [-0.1, -0.05) is 32.3 Å². The first-order valence-corrected chi connectivity index (χ1v) is 8.22. The molecule has 8 heteroatoms. The molecule has 1 rings (SSSR count). The standard InChI is InChI=1S/C17H27F2N3O2.HI/c1-3-4-5-6-10-21-17(20)22-11-9-13-7-8-14(23-2)15(12-13)24-16(18)19;/h7-8,12,16H,3-6,9-11H2,1-2H3,(H3,20,21,22);1H. The summed E-state index contributed by atoms with van der Waals surface area (Å²) >= 11 is 0. The van der Waals surface area contributed by atoms with E-state index in [9.17, 15) is 8.78 Å². The molecular formula is C17H28F2IN3O2. The van der Waals surface area contributed by atoms with E-state index in [1.807, 2.05) is 0 Å². The third-order valence-electron chi connectivity index (χ3n) is 3.46. The summed E-state index contributed by atoms with van der Waals surface area (Å²) in [5.41, 5.74) is 6.63. The van der Waals surface area contributed by atoms with Crippen LogP contribution < -0.4 is 20.5 Å². The summed E-state index contributed by atoms with van der Waals surface area (Å²) in [6.45, 7) is 0.553. The lowest BCUT2D eigenvalue weighted by atomic mass is 10.1. The van der Waals surface area contributed by atoms with Gasteiger partial charge in [-0.05, 0) is 30.5 Å². The molecule has 25 heavy (non-hydrogen) atoms. The number of nitrogens with one attached hydrogen (secondary N) is 1. The molecule has 0 aliphatic carbocycles. The van der Waals surface area contributed by atoms with E-state index in [1.54, 1.807) is 18.2 Å². The van der Waals surface area contributed by atoms with Crippen LogP contribution in [-0.4, -0.2) is 32.8 Å². The molecule has 0 saturated carbocycles. The molecule has 3 N–H and O–H groups in total. The number of ether oxygens (including phenoxy) is 2. The molecule has 0 atom stereocenters. The molecule has 0 unspecified atom stereocenters. The number of hydrogen-bond donors (Lipinski definition) is 2. The molecule has 0 bridgehead atoms. The summed E-state index contributed by atoms with van der Waals surface area (Å²) in [5.74, 6) is 0.715. The van der Waals surface area contributed by atoms with Crippen LogP contribution >= 0.6 is 24.0 Å². The maximum Gasteiger partial charge on any atom is 0.387 e. The number of unbranched alkanes of at least 4 members (excludes halogenated alkanes) is 3. The fraction of sp³-hybridized carbons (Fsp3) is 0.588. The molecule has 1 aromatic carbocycles. The van der Waals surface area contributed by atoms with Crippen LogP contribution in [-0.2, 0) is 6.42 Å². The van der Waals surface area contributed by atoms with Crippen LogP contribution in [0, 0.1) is 0 Å². The van der Waals surface area contributed by atoms with Crippen molar-refractivity contribution in [2.24, 2.45) is 10.7 Å². The van der Waals surface area contributed by atoms with Gasteiger partial charge in [0.05, 0.1) is 7.11 Å². The number of methoxy groups -OCH3 is 1. The van der Waals surface area contributed by atoms with E-state index >= 15 is 0 Å². The number of aliphatic imine (C=N–C) groups is 1. The normalized spacial score (nSPS) is 11.2. The Bertz CT molecular complexity index is 517. The zero-order valence-corrected chi connectivity index (χ0v) is 17.1. The van der Waals surface area contributed by atoms with Gasteiger partial charge in [-0.3, -0.25) is 4.99 Å². The van der Waals surface area contributed by atoms with Crippen molar-refractivity contribution >= 4 is 29.9 Å². The molecule has 1 aromatic rings. The van der Waals surface area contributed by atoms with Crippen LogP contribution in [0.5, 0.6) is 11.5 Å². The fourth-order valence-corrected chi connectivity index (χ4v) is 2.19. The highest BCUT2D eigenvalue weighted by atomic mass is 127. The number of alkyl halides is 2. The van der Waals surface area contributed by atoms with E-state index < -0.39 is 6.61 Å². The second-order valence-corrected chi connectivity index (χ2v) is 5.37. The van der Waals surface area contributed by atoms with E-state index in [-0.39, 0.29) is 35.5 Å². The van der Waals surface area contributed by atoms with Gasteiger partial charge in [0.25, 0.3) is 0 Å². The molecule has 0 radical (unpaired) electrons. The average molecular weight is 471 g/mol. The minimum Gasteiger partial charge on any atom is -0.493 e. The highest BCUT2D eigenvalue weighted by molar-refractivity contribution is 14.0. The highest BCUT2D eigenvalue weighted by Gasteiger charge is 2.11. The Kier molecular flexibility index (Phi) is 13.2. The van der Waals surface area contributed by atoms with Gasteiger partial charge in [0, 0.05) is 13.1 Å². The van der Waals surface area contributed by atoms with Gasteiger partial charge < -0.3 is 20.5 Å². The van der Waals surface area contributed by atoms with Crippen molar-refractivity contribution in [2.75, 3.05) is 20.2 Å². The molecule has 144 valence electrons. The summed E-state index contributed by atoms with van der Waals surface area (Å²) in [5, 5.41) is 3.02. The van der Waals surface area contributed by atoms with Gasteiger partial charge in [-0.25, -0.2) is 0 Å². The minimum atomic E-state index is -2.89. The van der Waals surface area contributed by atoms with Crippen LogP contribution in [0.3, 0.4) is 0 Å². The molecule has 0 fully saturated rings. The lowest BCUT2D eigenvalue weighted by molar-refractivity contribution is -0.0512. The maximum absolute atomic E-state index is 12.4.